The van der Waals surface area contributed by atoms with E-state index in [1.165, 1.54) is 43.7 Å². The van der Waals surface area contributed by atoms with Crippen LogP contribution in [0.1, 0.15) is 18.4 Å². The lowest BCUT2D eigenvalue weighted by atomic mass is 10.1. The summed E-state index contributed by atoms with van der Waals surface area (Å²) in [6, 6.07) is 9.10. The number of hydrogen-bond acceptors (Lipinski definition) is 3. The molecular formula is C16H25N3. The fraction of sp³-hybridized carbons (Fsp3) is 0.625. The van der Waals surface area contributed by atoms with E-state index in [1.54, 1.807) is 0 Å². The van der Waals surface area contributed by atoms with Crippen LogP contribution in [0, 0.1) is 5.92 Å². The first-order valence-corrected chi connectivity index (χ1v) is 7.54. The van der Waals surface area contributed by atoms with Gasteiger partial charge in [-0.1, -0.05) is 12.1 Å². The van der Waals surface area contributed by atoms with E-state index in [0.717, 1.165) is 25.6 Å². The van der Waals surface area contributed by atoms with Crippen LogP contribution in [0.3, 0.4) is 0 Å². The van der Waals surface area contributed by atoms with Crippen molar-refractivity contribution in [1.82, 2.24) is 10.2 Å². The number of anilines is 1. The lowest BCUT2D eigenvalue weighted by molar-refractivity contribution is 0.313. The van der Waals surface area contributed by atoms with Gasteiger partial charge in [-0.3, -0.25) is 0 Å². The number of likely N-dealkylation sites (N-methyl/N-ethyl adjacent to an activating group) is 1. The molecule has 1 aromatic rings. The molecule has 19 heavy (non-hydrogen) atoms. The van der Waals surface area contributed by atoms with Gasteiger partial charge in [0.2, 0.25) is 0 Å². The Balaban J connectivity index is 1.49. The maximum Gasteiger partial charge on any atom is 0.0367 e. The second kappa shape index (κ2) is 5.93. The average molecular weight is 259 g/mol. The van der Waals surface area contributed by atoms with Crippen molar-refractivity contribution in [3.63, 3.8) is 0 Å². The van der Waals surface area contributed by atoms with Crippen LogP contribution in [0.4, 0.5) is 5.69 Å². The number of piperazine rings is 1. The molecule has 2 aliphatic rings. The molecule has 1 saturated carbocycles. The highest BCUT2D eigenvalue weighted by Crippen LogP contribution is 2.27. The zero-order chi connectivity index (χ0) is 13.1. The van der Waals surface area contributed by atoms with E-state index in [4.69, 9.17) is 0 Å². The molecule has 0 spiro atoms. The SMILES string of the molecule is CN1CCN(c2ccc(CNCC3CC3)cc2)CC1. The molecule has 0 radical (unpaired) electrons. The van der Waals surface area contributed by atoms with Crippen LogP contribution in [0.15, 0.2) is 24.3 Å². The van der Waals surface area contributed by atoms with Crippen molar-refractivity contribution in [3.05, 3.63) is 29.8 Å². The summed E-state index contributed by atoms with van der Waals surface area (Å²) < 4.78 is 0. The van der Waals surface area contributed by atoms with Gasteiger partial charge < -0.3 is 15.1 Å². The van der Waals surface area contributed by atoms with E-state index >= 15 is 0 Å². The van der Waals surface area contributed by atoms with E-state index in [2.05, 4.69) is 46.4 Å². The summed E-state index contributed by atoms with van der Waals surface area (Å²) in [4.78, 5) is 4.88. The summed E-state index contributed by atoms with van der Waals surface area (Å²) in [5.41, 5.74) is 2.78. The predicted octanol–water partition coefficient (Wildman–Crippen LogP) is 1.94. The van der Waals surface area contributed by atoms with Crippen molar-refractivity contribution < 1.29 is 0 Å². The number of benzene rings is 1. The third-order valence-electron chi connectivity index (χ3n) is 4.26. The molecule has 0 amide bonds. The van der Waals surface area contributed by atoms with Crippen LogP contribution in [-0.2, 0) is 6.54 Å². The summed E-state index contributed by atoms with van der Waals surface area (Å²) >= 11 is 0. The highest BCUT2D eigenvalue weighted by molar-refractivity contribution is 5.48. The molecule has 1 aliphatic heterocycles. The topological polar surface area (TPSA) is 18.5 Å². The number of nitrogens with zero attached hydrogens (tertiary/aromatic N) is 2. The standard InChI is InChI=1S/C16H25N3/c1-18-8-10-19(11-9-18)16-6-4-15(5-7-16)13-17-12-14-2-3-14/h4-7,14,17H,2-3,8-13H2,1H3. The van der Waals surface area contributed by atoms with Crippen LogP contribution >= 0.6 is 0 Å². The summed E-state index contributed by atoms with van der Waals surface area (Å²) in [5.74, 6) is 0.963. The average Bonchev–Trinajstić information content (AvgIpc) is 3.25. The van der Waals surface area contributed by atoms with Crippen molar-refractivity contribution in [1.29, 1.82) is 0 Å². The first-order chi connectivity index (χ1) is 9.31. The fourth-order valence-corrected chi connectivity index (χ4v) is 2.63. The molecule has 3 nitrogen and oxygen atoms in total. The molecule has 0 aromatic heterocycles. The Bertz CT molecular complexity index is 389. The minimum Gasteiger partial charge on any atom is -0.369 e. The number of rotatable bonds is 5. The van der Waals surface area contributed by atoms with Crippen LogP contribution in [-0.4, -0.2) is 44.7 Å². The monoisotopic (exact) mass is 259 g/mol. The molecule has 1 heterocycles. The van der Waals surface area contributed by atoms with Crippen molar-refractivity contribution in [2.24, 2.45) is 5.92 Å². The predicted molar refractivity (Wildman–Crippen MR) is 80.6 cm³/mol. The van der Waals surface area contributed by atoms with Gasteiger partial charge in [0.05, 0.1) is 0 Å². The van der Waals surface area contributed by atoms with Gasteiger partial charge >= 0.3 is 0 Å². The Morgan fingerprint density at radius 2 is 1.74 bits per heavy atom. The zero-order valence-electron chi connectivity index (χ0n) is 11.9. The lowest BCUT2D eigenvalue weighted by Gasteiger charge is -2.34. The quantitative estimate of drug-likeness (QED) is 0.872. The van der Waals surface area contributed by atoms with Gasteiger partial charge in [-0.05, 0) is 50.0 Å². The first-order valence-electron chi connectivity index (χ1n) is 7.54. The van der Waals surface area contributed by atoms with Crippen molar-refractivity contribution in [2.45, 2.75) is 19.4 Å². The lowest BCUT2D eigenvalue weighted by Crippen LogP contribution is -2.44. The molecule has 3 rings (SSSR count). The second-order valence-electron chi connectivity index (χ2n) is 6.03. The summed E-state index contributed by atoms with van der Waals surface area (Å²) in [6.45, 7) is 6.85. The van der Waals surface area contributed by atoms with Crippen LogP contribution in [0.5, 0.6) is 0 Å². The number of nitrogens with one attached hydrogen (secondary N) is 1. The van der Waals surface area contributed by atoms with Gasteiger partial charge in [-0.2, -0.15) is 0 Å². The Hall–Kier alpha value is -1.06. The van der Waals surface area contributed by atoms with Crippen molar-refractivity contribution in [2.75, 3.05) is 44.7 Å². The third-order valence-corrected chi connectivity index (χ3v) is 4.26. The van der Waals surface area contributed by atoms with Crippen molar-refractivity contribution >= 4 is 5.69 Å². The molecule has 104 valence electrons. The molecular weight excluding hydrogens is 234 g/mol. The Morgan fingerprint density at radius 3 is 2.37 bits per heavy atom. The zero-order valence-corrected chi connectivity index (χ0v) is 11.9. The molecule has 0 atom stereocenters. The maximum atomic E-state index is 3.55. The molecule has 0 bridgehead atoms. The Morgan fingerprint density at radius 1 is 1.05 bits per heavy atom. The molecule has 1 aromatic carbocycles. The van der Waals surface area contributed by atoms with Gasteiger partial charge in [0.15, 0.2) is 0 Å². The second-order valence-corrected chi connectivity index (χ2v) is 6.03. The van der Waals surface area contributed by atoms with Gasteiger partial charge in [-0.15, -0.1) is 0 Å². The minimum atomic E-state index is 0.963. The fourth-order valence-electron chi connectivity index (χ4n) is 2.63. The molecule has 0 unspecified atom stereocenters. The summed E-state index contributed by atoms with van der Waals surface area (Å²) in [6.07, 6.45) is 2.85. The third kappa shape index (κ3) is 3.71. The molecule has 3 heteroatoms. The van der Waals surface area contributed by atoms with Crippen LogP contribution in [0.25, 0.3) is 0 Å². The van der Waals surface area contributed by atoms with E-state index in [0.29, 0.717) is 0 Å². The van der Waals surface area contributed by atoms with Crippen LogP contribution < -0.4 is 10.2 Å². The largest absolute Gasteiger partial charge is 0.369 e. The van der Waals surface area contributed by atoms with E-state index < -0.39 is 0 Å². The summed E-state index contributed by atoms with van der Waals surface area (Å²) in [5, 5.41) is 3.55. The molecule has 2 fully saturated rings. The number of hydrogen-bond donors (Lipinski definition) is 1. The highest BCUT2D eigenvalue weighted by atomic mass is 15.2. The van der Waals surface area contributed by atoms with E-state index in [1.807, 2.05) is 0 Å². The van der Waals surface area contributed by atoms with E-state index in [-0.39, 0.29) is 0 Å². The molecule has 1 aliphatic carbocycles. The highest BCUT2D eigenvalue weighted by Gasteiger charge is 2.20. The van der Waals surface area contributed by atoms with Gasteiger partial charge in [-0.25, -0.2) is 0 Å². The smallest absolute Gasteiger partial charge is 0.0367 e. The maximum absolute atomic E-state index is 3.55. The Kier molecular flexibility index (Phi) is 4.04. The van der Waals surface area contributed by atoms with Crippen molar-refractivity contribution in [3.8, 4) is 0 Å². The Labute approximate surface area is 116 Å². The molecule has 1 saturated heterocycles. The normalized spacial score (nSPS) is 20.8. The van der Waals surface area contributed by atoms with E-state index in [9.17, 15) is 0 Å². The van der Waals surface area contributed by atoms with Gasteiger partial charge in [0, 0.05) is 38.4 Å². The van der Waals surface area contributed by atoms with Gasteiger partial charge in [0.25, 0.3) is 0 Å². The molecule has 1 N–H and O–H groups in total. The van der Waals surface area contributed by atoms with Crippen LogP contribution in [0.2, 0.25) is 0 Å². The first kappa shape index (κ1) is 12.9. The minimum absolute atomic E-state index is 0.963. The van der Waals surface area contributed by atoms with Gasteiger partial charge in [0.1, 0.15) is 0 Å². The summed E-state index contributed by atoms with van der Waals surface area (Å²) in [7, 11) is 2.20.